The molecule has 0 unspecified atom stereocenters. The fraction of sp³-hybridized carbons (Fsp3) is 0.333. The van der Waals surface area contributed by atoms with Gasteiger partial charge in [0.1, 0.15) is 21.6 Å². The molecule has 0 saturated carbocycles. The topological polar surface area (TPSA) is 102 Å². The van der Waals surface area contributed by atoms with Crippen LogP contribution in [-0.2, 0) is 14.6 Å². The first-order valence-electron chi connectivity index (χ1n) is 9.10. The fourth-order valence-electron chi connectivity index (χ4n) is 2.72. The van der Waals surface area contributed by atoms with Gasteiger partial charge in [-0.1, -0.05) is 18.2 Å². The van der Waals surface area contributed by atoms with Crippen molar-refractivity contribution in [3.05, 3.63) is 59.2 Å². The number of para-hydroxylation sites is 1. The number of rotatable bonds is 8. The molecule has 2 aromatic rings. The summed E-state index contributed by atoms with van der Waals surface area (Å²) in [6, 6.07) is 11.0. The molecule has 156 valence electrons. The number of carbonyl (C=O) groups excluding carboxylic acids is 2. The van der Waals surface area contributed by atoms with Gasteiger partial charge in [0, 0.05) is 11.9 Å². The van der Waals surface area contributed by atoms with Crippen molar-refractivity contribution in [3.8, 4) is 5.75 Å². The lowest BCUT2D eigenvalue weighted by molar-refractivity contribution is -0.118. The predicted octanol–water partition coefficient (Wildman–Crippen LogP) is 2.48. The van der Waals surface area contributed by atoms with E-state index >= 15 is 0 Å². The van der Waals surface area contributed by atoms with Crippen LogP contribution < -0.4 is 15.4 Å². The van der Waals surface area contributed by atoms with Crippen LogP contribution in [-0.4, -0.2) is 45.4 Å². The van der Waals surface area contributed by atoms with Crippen LogP contribution >= 0.6 is 0 Å². The van der Waals surface area contributed by atoms with Crippen LogP contribution in [0.15, 0.2) is 42.5 Å². The Morgan fingerprint density at radius 1 is 1.07 bits per heavy atom. The first kappa shape index (κ1) is 22.4. The monoisotopic (exact) mass is 418 g/mol. The summed E-state index contributed by atoms with van der Waals surface area (Å²) in [6.07, 6.45) is 1.05. The predicted molar refractivity (Wildman–Crippen MR) is 113 cm³/mol. The van der Waals surface area contributed by atoms with Crippen LogP contribution in [0.3, 0.4) is 0 Å². The van der Waals surface area contributed by atoms with Gasteiger partial charge in [-0.3, -0.25) is 9.59 Å². The minimum Gasteiger partial charge on any atom is -0.496 e. The van der Waals surface area contributed by atoms with E-state index in [4.69, 9.17) is 4.74 Å². The third-order valence-electron chi connectivity index (χ3n) is 4.53. The lowest BCUT2D eigenvalue weighted by atomic mass is 10.1. The third kappa shape index (κ3) is 6.60. The highest BCUT2D eigenvalue weighted by Gasteiger charge is 2.24. The summed E-state index contributed by atoms with van der Waals surface area (Å²) < 4.78 is 28.4. The minimum atomic E-state index is -3.31. The molecule has 2 N–H and O–H groups in total. The molecule has 0 saturated heterocycles. The molecule has 0 aliphatic heterocycles. The molecule has 2 amide bonds. The molecule has 8 heteroatoms. The number of methoxy groups -OCH3 is 1. The summed E-state index contributed by atoms with van der Waals surface area (Å²) in [5, 5.41) is 5.38. The highest BCUT2D eigenvalue weighted by Crippen LogP contribution is 2.18. The van der Waals surface area contributed by atoms with Gasteiger partial charge < -0.3 is 15.4 Å². The number of carbonyl (C=O) groups is 2. The van der Waals surface area contributed by atoms with E-state index in [1.807, 2.05) is 26.0 Å². The SMILES string of the molecule is COc1ccccc1C(=O)N[C@@H](CCS(C)(=O)=O)C(=O)Nc1ccc(C)c(C)c1. The standard InChI is InChI=1S/C21H26N2O5S/c1-14-9-10-16(13-15(14)2)22-21(25)18(11-12-29(4,26)27)23-20(24)17-7-5-6-8-19(17)28-3/h5-10,13,18H,11-12H2,1-4H3,(H,22,25)(H,23,24)/t18-/m0/s1. The minimum absolute atomic E-state index is 0.0452. The molecule has 0 aromatic heterocycles. The van der Waals surface area contributed by atoms with Crippen LogP contribution in [0, 0.1) is 13.8 Å². The summed E-state index contributed by atoms with van der Waals surface area (Å²) >= 11 is 0. The maximum atomic E-state index is 12.8. The molecular weight excluding hydrogens is 392 g/mol. The highest BCUT2D eigenvalue weighted by molar-refractivity contribution is 7.90. The molecule has 2 aromatic carbocycles. The summed E-state index contributed by atoms with van der Waals surface area (Å²) in [4.78, 5) is 25.5. The Kier molecular flexibility index (Phi) is 7.39. The molecule has 0 radical (unpaired) electrons. The number of hydrogen-bond donors (Lipinski definition) is 2. The Morgan fingerprint density at radius 3 is 2.38 bits per heavy atom. The van der Waals surface area contributed by atoms with Gasteiger partial charge in [-0.05, 0) is 55.7 Å². The number of ether oxygens (including phenoxy) is 1. The number of benzene rings is 2. The van der Waals surface area contributed by atoms with E-state index in [1.54, 1.807) is 30.3 Å². The molecule has 29 heavy (non-hydrogen) atoms. The number of amides is 2. The van der Waals surface area contributed by atoms with Crippen LogP contribution in [0.2, 0.25) is 0 Å². The second kappa shape index (κ2) is 9.56. The number of hydrogen-bond acceptors (Lipinski definition) is 5. The summed E-state index contributed by atoms with van der Waals surface area (Å²) in [6.45, 7) is 3.89. The van der Waals surface area contributed by atoms with Crippen molar-refractivity contribution in [1.29, 1.82) is 0 Å². The van der Waals surface area contributed by atoms with E-state index in [9.17, 15) is 18.0 Å². The van der Waals surface area contributed by atoms with Crippen molar-refractivity contribution < 1.29 is 22.7 Å². The Morgan fingerprint density at radius 2 is 1.76 bits per heavy atom. The maximum absolute atomic E-state index is 12.8. The highest BCUT2D eigenvalue weighted by atomic mass is 32.2. The van der Waals surface area contributed by atoms with Gasteiger partial charge in [-0.15, -0.1) is 0 Å². The molecular formula is C21H26N2O5S. The second-order valence-electron chi connectivity index (χ2n) is 6.93. The van der Waals surface area contributed by atoms with E-state index in [1.165, 1.54) is 7.11 Å². The first-order valence-corrected chi connectivity index (χ1v) is 11.2. The molecule has 0 spiro atoms. The van der Waals surface area contributed by atoms with Crippen LogP contribution in [0.4, 0.5) is 5.69 Å². The van der Waals surface area contributed by atoms with Crippen molar-refractivity contribution in [3.63, 3.8) is 0 Å². The van der Waals surface area contributed by atoms with Crippen molar-refractivity contribution in [2.45, 2.75) is 26.3 Å². The second-order valence-corrected chi connectivity index (χ2v) is 9.19. The van der Waals surface area contributed by atoms with Crippen LogP contribution in [0.1, 0.15) is 27.9 Å². The van der Waals surface area contributed by atoms with E-state index in [0.29, 0.717) is 11.4 Å². The number of sulfone groups is 1. The lowest BCUT2D eigenvalue weighted by Gasteiger charge is -2.19. The van der Waals surface area contributed by atoms with Crippen molar-refractivity contribution in [2.24, 2.45) is 0 Å². The first-order chi connectivity index (χ1) is 13.6. The number of aryl methyl sites for hydroxylation is 2. The molecule has 7 nitrogen and oxygen atoms in total. The molecule has 1 atom stereocenters. The quantitative estimate of drug-likeness (QED) is 0.686. The molecule has 0 bridgehead atoms. The molecule has 0 aliphatic rings. The lowest BCUT2D eigenvalue weighted by Crippen LogP contribution is -2.44. The molecule has 0 aliphatic carbocycles. The largest absolute Gasteiger partial charge is 0.496 e. The van der Waals surface area contributed by atoms with Gasteiger partial charge in [-0.2, -0.15) is 0 Å². The summed E-state index contributed by atoms with van der Waals surface area (Å²) in [7, 11) is -1.86. The van der Waals surface area contributed by atoms with E-state index in [-0.39, 0.29) is 17.7 Å². The van der Waals surface area contributed by atoms with Gasteiger partial charge in [0.05, 0.1) is 18.4 Å². The van der Waals surface area contributed by atoms with Gasteiger partial charge in [0.25, 0.3) is 5.91 Å². The summed E-state index contributed by atoms with van der Waals surface area (Å²) in [5.41, 5.74) is 2.93. The van der Waals surface area contributed by atoms with E-state index in [2.05, 4.69) is 10.6 Å². The zero-order chi connectivity index (χ0) is 21.6. The number of nitrogens with one attached hydrogen (secondary N) is 2. The van der Waals surface area contributed by atoms with Crippen LogP contribution in [0.5, 0.6) is 5.75 Å². The van der Waals surface area contributed by atoms with Crippen molar-refractivity contribution >= 4 is 27.3 Å². The van der Waals surface area contributed by atoms with Gasteiger partial charge in [-0.25, -0.2) is 8.42 Å². The number of anilines is 1. The summed E-state index contributed by atoms with van der Waals surface area (Å²) in [5.74, 6) is -0.873. The molecule has 2 rings (SSSR count). The Bertz CT molecular complexity index is 1000. The van der Waals surface area contributed by atoms with Gasteiger partial charge in [0.15, 0.2) is 0 Å². The van der Waals surface area contributed by atoms with Gasteiger partial charge >= 0.3 is 0 Å². The van der Waals surface area contributed by atoms with Crippen LogP contribution in [0.25, 0.3) is 0 Å². The zero-order valence-corrected chi connectivity index (χ0v) is 17.8. The maximum Gasteiger partial charge on any atom is 0.255 e. The average Bonchev–Trinajstić information content (AvgIpc) is 2.66. The normalized spacial score (nSPS) is 12.1. The zero-order valence-electron chi connectivity index (χ0n) is 17.0. The van der Waals surface area contributed by atoms with E-state index in [0.717, 1.165) is 17.4 Å². The van der Waals surface area contributed by atoms with Gasteiger partial charge in [0.2, 0.25) is 5.91 Å². The fourth-order valence-corrected chi connectivity index (χ4v) is 3.38. The third-order valence-corrected chi connectivity index (χ3v) is 5.50. The Labute approximate surface area is 171 Å². The van der Waals surface area contributed by atoms with E-state index < -0.39 is 27.7 Å². The molecule has 0 heterocycles. The Hall–Kier alpha value is -2.87. The van der Waals surface area contributed by atoms with Crippen molar-refractivity contribution in [1.82, 2.24) is 5.32 Å². The molecule has 0 fully saturated rings. The Balaban J connectivity index is 2.22. The smallest absolute Gasteiger partial charge is 0.255 e. The van der Waals surface area contributed by atoms with Crippen molar-refractivity contribution in [2.75, 3.05) is 24.4 Å². The average molecular weight is 419 g/mol.